The second kappa shape index (κ2) is 5.88. The van der Waals surface area contributed by atoms with Gasteiger partial charge >= 0.3 is 5.97 Å². The Balaban J connectivity index is 1.86. The molecule has 22 heavy (non-hydrogen) atoms. The third kappa shape index (κ3) is 2.70. The summed E-state index contributed by atoms with van der Waals surface area (Å²) in [5, 5.41) is 0. The van der Waals surface area contributed by atoms with Gasteiger partial charge in [0.05, 0.1) is 12.7 Å². The smallest absolute Gasteiger partial charge is 0.308 e. The van der Waals surface area contributed by atoms with Crippen molar-refractivity contribution in [1.29, 1.82) is 0 Å². The lowest BCUT2D eigenvalue weighted by Gasteiger charge is -2.47. The summed E-state index contributed by atoms with van der Waals surface area (Å²) in [7, 11) is 0. The molecule has 0 radical (unpaired) electrons. The summed E-state index contributed by atoms with van der Waals surface area (Å²) in [6.45, 7) is 9.10. The molecule has 0 N–H and O–H groups in total. The maximum atomic E-state index is 11.0. The zero-order chi connectivity index (χ0) is 15.9. The largest absolute Gasteiger partial charge is 0.427 e. The third-order valence-corrected chi connectivity index (χ3v) is 5.23. The Bertz CT molecular complexity index is 587. The number of fused-ring (bicyclic) bond motifs is 2. The summed E-state index contributed by atoms with van der Waals surface area (Å²) in [6, 6.07) is 7.73. The Hall–Kier alpha value is -1.61. The van der Waals surface area contributed by atoms with Crippen LogP contribution in [-0.2, 0) is 9.53 Å². The molecule has 3 heteroatoms. The first-order valence-electron chi connectivity index (χ1n) is 8.05. The van der Waals surface area contributed by atoms with Crippen LogP contribution >= 0.6 is 0 Å². The fourth-order valence-electron chi connectivity index (χ4n) is 4.14. The minimum absolute atomic E-state index is 0.0985. The summed E-state index contributed by atoms with van der Waals surface area (Å²) >= 11 is 0. The first-order valence-corrected chi connectivity index (χ1v) is 8.05. The van der Waals surface area contributed by atoms with E-state index in [1.165, 1.54) is 12.5 Å². The van der Waals surface area contributed by atoms with Gasteiger partial charge in [-0.15, -0.1) is 0 Å². The van der Waals surface area contributed by atoms with Gasteiger partial charge in [-0.05, 0) is 42.4 Å². The zero-order valence-electron chi connectivity index (χ0n) is 13.7. The molecule has 0 unspecified atom stereocenters. The Morgan fingerprint density at radius 2 is 1.91 bits per heavy atom. The highest BCUT2D eigenvalue weighted by atomic mass is 16.5. The lowest BCUT2D eigenvalue weighted by atomic mass is 9.64. The second-order valence-electron chi connectivity index (χ2n) is 6.74. The second-order valence-corrected chi connectivity index (χ2v) is 6.74. The number of benzene rings is 1. The van der Waals surface area contributed by atoms with Gasteiger partial charge in [0.1, 0.15) is 5.75 Å². The monoisotopic (exact) mass is 300 g/mol. The minimum Gasteiger partial charge on any atom is -0.427 e. The van der Waals surface area contributed by atoms with Crippen molar-refractivity contribution >= 4 is 5.97 Å². The molecule has 118 valence electrons. The first-order chi connectivity index (χ1) is 10.5. The van der Waals surface area contributed by atoms with Crippen LogP contribution in [0.4, 0.5) is 0 Å². The molecule has 1 saturated heterocycles. The fraction of sp³-hybridized carbons (Fsp3) is 0.526. The Morgan fingerprint density at radius 1 is 1.23 bits per heavy atom. The molecule has 5 atom stereocenters. The Kier molecular flexibility index (Phi) is 4.09. The van der Waals surface area contributed by atoms with E-state index in [2.05, 4.69) is 26.8 Å². The lowest BCUT2D eigenvalue weighted by Crippen LogP contribution is -2.42. The number of allylic oxidation sites excluding steroid dienone is 1. The molecule has 1 aromatic rings. The van der Waals surface area contributed by atoms with Crippen LogP contribution in [0.5, 0.6) is 5.75 Å². The van der Waals surface area contributed by atoms with Crippen molar-refractivity contribution in [3.8, 4) is 5.75 Å². The van der Waals surface area contributed by atoms with E-state index in [-0.39, 0.29) is 12.1 Å². The number of ether oxygens (including phenoxy) is 2. The van der Waals surface area contributed by atoms with Gasteiger partial charge < -0.3 is 9.47 Å². The average Bonchev–Trinajstić information content (AvgIpc) is 2.45. The molecule has 0 spiro atoms. The predicted octanol–water partition coefficient (Wildman–Crippen LogP) is 4.15. The van der Waals surface area contributed by atoms with E-state index >= 15 is 0 Å². The maximum absolute atomic E-state index is 11.0. The lowest BCUT2D eigenvalue weighted by molar-refractivity contribution is -0.131. The summed E-state index contributed by atoms with van der Waals surface area (Å²) in [5.74, 6) is 2.57. The van der Waals surface area contributed by atoms with Crippen LogP contribution < -0.4 is 4.74 Å². The minimum atomic E-state index is -0.293. The fourth-order valence-corrected chi connectivity index (χ4v) is 4.14. The van der Waals surface area contributed by atoms with Gasteiger partial charge in [-0.1, -0.05) is 37.6 Å². The number of esters is 1. The van der Waals surface area contributed by atoms with E-state index in [4.69, 9.17) is 9.47 Å². The highest BCUT2D eigenvalue weighted by molar-refractivity contribution is 5.69. The van der Waals surface area contributed by atoms with Gasteiger partial charge in [0.15, 0.2) is 0 Å². The first kappa shape index (κ1) is 15.3. The molecule has 3 rings (SSSR count). The summed E-state index contributed by atoms with van der Waals surface area (Å²) < 4.78 is 11.3. The van der Waals surface area contributed by atoms with Crippen LogP contribution in [0.15, 0.2) is 35.9 Å². The standard InChI is InChI=1S/C19H24O3/c1-11-9-12(2)18-13(3)17(11)10-21-19(18)15-5-7-16(8-6-15)22-14(4)20/h5-9,11,13,17-19H,10H2,1-4H3/t11-,13+,17-,18+,19-/m1/s1. The summed E-state index contributed by atoms with van der Waals surface area (Å²) in [5.41, 5.74) is 2.60. The molecule has 1 heterocycles. The zero-order valence-corrected chi connectivity index (χ0v) is 13.7. The normalized spacial score (nSPS) is 34.0. The van der Waals surface area contributed by atoms with Crippen molar-refractivity contribution in [2.45, 2.75) is 33.8 Å². The number of carbonyl (C=O) groups excluding carboxylic acids is 1. The molecule has 2 bridgehead atoms. The average molecular weight is 300 g/mol. The molecule has 0 saturated carbocycles. The van der Waals surface area contributed by atoms with Crippen molar-refractivity contribution in [3.63, 3.8) is 0 Å². The van der Waals surface area contributed by atoms with E-state index in [1.54, 1.807) is 0 Å². The Labute approximate surface area is 132 Å². The molecule has 1 aromatic carbocycles. The van der Waals surface area contributed by atoms with Crippen molar-refractivity contribution < 1.29 is 14.3 Å². The number of hydrogen-bond donors (Lipinski definition) is 0. The molecule has 0 amide bonds. The molecular formula is C19H24O3. The molecular weight excluding hydrogens is 276 g/mol. The maximum Gasteiger partial charge on any atom is 0.308 e. The predicted molar refractivity (Wildman–Crippen MR) is 85.5 cm³/mol. The van der Waals surface area contributed by atoms with Gasteiger partial charge in [-0.2, -0.15) is 0 Å². The van der Waals surface area contributed by atoms with E-state index < -0.39 is 0 Å². The van der Waals surface area contributed by atoms with Gasteiger partial charge in [0, 0.05) is 12.8 Å². The molecule has 1 fully saturated rings. The van der Waals surface area contributed by atoms with Crippen molar-refractivity contribution in [3.05, 3.63) is 41.5 Å². The van der Waals surface area contributed by atoms with Crippen molar-refractivity contribution in [1.82, 2.24) is 0 Å². The van der Waals surface area contributed by atoms with Crippen LogP contribution in [0.2, 0.25) is 0 Å². The van der Waals surface area contributed by atoms with Gasteiger partial charge in [0.25, 0.3) is 0 Å². The van der Waals surface area contributed by atoms with E-state index in [0.717, 1.165) is 12.2 Å². The van der Waals surface area contributed by atoms with Crippen LogP contribution in [0.3, 0.4) is 0 Å². The number of rotatable bonds is 2. The van der Waals surface area contributed by atoms with Crippen LogP contribution in [0.25, 0.3) is 0 Å². The Morgan fingerprint density at radius 3 is 2.55 bits per heavy atom. The molecule has 0 aromatic heterocycles. The summed E-state index contributed by atoms with van der Waals surface area (Å²) in [4.78, 5) is 11.0. The highest BCUT2D eigenvalue weighted by Crippen LogP contribution is 2.49. The van der Waals surface area contributed by atoms with Crippen molar-refractivity contribution in [2.75, 3.05) is 6.61 Å². The quantitative estimate of drug-likeness (QED) is 0.467. The van der Waals surface area contributed by atoms with Gasteiger partial charge in [-0.3, -0.25) is 4.79 Å². The molecule has 1 aliphatic heterocycles. The van der Waals surface area contributed by atoms with Gasteiger partial charge in [-0.25, -0.2) is 0 Å². The van der Waals surface area contributed by atoms with Gasteiger partial charge in [0.2, 0.25) is 0 Å². The topological polar surface area (TPSA) is 35.5 Å². The molecule has 2 aliphatic rings. The number of carbonyl (C=O) groups is 1. The third-order valence-electron chi connectivity index (χ3n) is 5.23. The summed E-state index contributed by atoms with van der Waals surface area (Å²) in [6.07, 6.45) is 2.51. The SMILES string of the molecule is CC(=O)Oc1ccc([C@H]2OC[C@H]3[C@H](C)[C@@H]2C(C)=C[C@H]3C)cc1. The molecule has 1 aliphatic carbocycles. The highest BCUT2D eigenvalue weighted by Gasteiger charge is 2.43. The van der Waals surface area contributed by atoms with Crippen molar-refractivity contribution in [2.24, 2.45) is 23.7 Å². The van der Waals surface area contributed by atoms with Crippen LogP contribution in [0.1, 0.15) is 39.4 Å². The van der Waals surface area contributed by atoms with E-state index in [0.29, 0.717) is 29.4 Å². The number of hydrogen-bond acceptors (Lipinski definition) is 3. The molecule has 3 nitrogen and oxygen atoms in total. The van der Waals surface area contributed by atoms with Crippen LogP contribution in [-0.4, -0.2) is 12.6 Å². The van der Waals surface area contributed by atoms with E-state index in [9.17, 15) is 4.79 Å². The van der Waals surface area contributed by atoms with Crippen LogP contribution in [0, 0.1) is 23.7 Å². The van der Waals surface area contributed by atoms with E-state index in [1.807, 2.05) is 24.3 Å².